The molecule has 1 amide bonds. The largest absolute Gasteiger partial charge is 0.461 e. The number of hydrogen-bond acceptors (Lipinski definition) is 20. The molecule has 1 aromatic rings. The molecule has 21 nitrogen and oxygen atoms in total. The number of carbonyl (C=O) groups is 4. The second-order valence-corrected chi connectivity index (χ2v) is 23.1. The van der Waals surface area contributed by atoms with Crippen molar-refractivity contribution in [2.24, 2.45) is 23.5 Å². The number of fused-ring (bicyclic) bond motifs is 2. The van der Waals surface area contributed by atoms with Crippen molar-refractivity contribution in [3.05, 3.63) is 115 Å². The number of benzene rings is 1. The lowest BCUT2D eigenvalue weighted by molar-refractivity contribution is -0.307. The van der Waals surface area contributed by atoms with E-state index in [1.807, 2.05) is 38.2 Å². The number of carbonyl (C=O) groups excluding carboxylic acids is 4. The highest BCUT2D eigenvalue weighted by Crippen LogP contribution is 2.39. The zero-order valence-corrected chi connectivity index (χ0v) is 48.9. The SMILES string of the molecule is CNc1ccc(C(=O)CC(O)CCC(C)C2OC(=O)CC(O)CC(=O)CC(O)CC(O)CC(O)CC(O)CC3(O)CC(O)C(C(=O)N4CCCC4)C(CC(O[C@@H]4O[C@H](C)[C@@H](O)[C@H](N)[C@@H]4O)/C=C/C=C/C=C/C=C/C=C/C=C/C=C/C2C)O3)cc1. The molecule has 0 aliphatic carbocycles. The fraction of sp³-hybridized carbons (Fsp3) is 0.619. The maximum atomic E-state index is 14.1. The molecule has 19 atom stereocenters. The number of nitrogens with one attached hydrogen (secondary N) is 1. The van der Waals surface area contributed by atoms with Crippen LogP contribution in [0.15, 0.2) is 109 Å². The van der Waals surface area contributed by atoms with Gasteiger partial charge in [0.2, 0.25) is 5.91 Å². The van der Waals surface area contributed by atoms with Crippen molar-refractivity contribution < 1.29 is 89.2 Å². The number of aliphatic hydroxyl groups is 10. The van der Waals surface area contributed by atoms with Crippen molar-refractivity contribution in [2.75, 3.05) is 25.5 Å². The predicted octanol–water partition coefficient (Wildman–Crippen LogP) is 3.28. The molecule has 3 saturated heterocycles. The predicted molar refractivity (Wildman–Crippen MR) is 313 cm³/mol. The summed E-state index contributed by atoms with van der Waals surface area (Å²) >= 11 is 0. The molecule has 0 saturated carbocycles. The Kier molecular flexibility index (Phi) is 29.0. The van der Waals surface area contributed by atoms with Gasteiger partial charge in [-0.25, -0.2) is 0 Å². The molecule has 2 bridgehead atoms. The van der Waals surface area contributed by atoms with Gasteiger partial charge in [-0.3, -0.25) is 19.2 Å². The molecule has 0 radical (unpaired) electrons. The van der Waals surface area contributed by atoms with Gasteiger partial charge in [0.15, 0.2) is 17.9 Å². The number of nitrogens with two attached hydrogens (primary N) is 1. The van der Waals surface area contributed by atoms with Gasteiger partial charge >= 0.3 is 5.97 Å². The Morgan fingerprint density at radius 3 is 1.89 bits per heavy atom. The zero-order valence-electron chi connectivity index (χ0n) is 48.9. The number of esters is 1. The van der Waals surface area contributed by atoms with Crippen molar-refractivity contribution in [3.63, 3.8) is 0 Å². The fourth-order valence-electron chi connectivity index (χ4n) is 11.2. The lowest BCUT2D eigenvalue weighted by Gasteiger charge is -2.46. The molecule has 468 valence electrons. The van der Waals surface area contributed by atoms with Crippen LogP contribution < -0.4 is 11.1 Å². The van der Waals surface area contributed by atoms with Crippen LogP contribution in [0.5, 0.6) is 0 Å². The lowest BCUT2D eigenvalue weighted by atomic mass is 9.82. The molecule has 0 spiro atoms. The molecular formula is C63H93N3O18. The molecular weight excluding hydrogens is 1090 g/mol. The first-order valence-electron chi connectivity index (χ1n) is 29.5. The quantitative estimate of drug-likeness (QED) is 0.112. The summed E-state index contributed by atoms with van der Waals surface area (Å²) in [5, 5.41) is 114. The van der Waals surface area contributed by atoms with Gasteiger partial charge in [-0.1, -0.05) is 98.9 Å². The molecule has 21 heteroatoms. The van der Waals surface area contributed by atoms with Crippen LogP contribution in [-0.2, 0) is 33.3 Å². The summed E-state index contributed by atoms with van der Waals surface area (Å²) < 4.78 is 24.4. The molecule has 13 N–H and O–H groups in total. The van der Waals surface area contributed by atoms with E-state index in [0.29, 0.717) is 25.1 Å². The smallest absolute Gasteiger partial charge is 0.308 e. The average molecular weight is 1180 g/mol. The van der Waals surface area contributed by atoms with Gasteiger partial charge in [0.1, 0.15) is 18.0 Å². The number of ketones is 2. The van der Waals surface area contributed by atoms with Crippen LogP contribution in [0, 0.1) is 17.8 Å². The summed E-state index contributed by atoms with van der Waals surface area (Å²) in [5.41, 5.74) is 7.46. The van der Waals surface area contributed by atoms with E-state index < -0.39 is 160 Å². The van der Waals surface area contributed by atoms with E-state index in [1.165, 1.54) is 0 Å². The highest BCUT2D eigenvalue weighted by molar-refractivity contribution is 5.96. The monoisotopic (exact) mass is 1180 g/mol. The normalized spacial score (nSPS) is 37.8. The summed E-state index contributed by atoms with van der Waals surface area (Å²) in [5.74, 6) is -6.14. The van der Waals surface area contributed by atoms with Gasteiger partial charge in [0.25, 0.3) is 0 Å². The van der Waals surface area contributed by atoms with Crippen LogP contribution in [0.4, 0.5) is 5.69 Å². The van der Waals surface area contributed by atoms with Crippen molar-refractivity contribution in [3.8, 4) is 0 Å². The Balaban J connectivity index is 1.34. The highest BCUT2D eigenvalue weighted by Gasteiger charge is 2.52. The fourth-order valence-corrected chi connectivity index (χ4v) is 11.2. The minimum Gasteiger partial charge on any atom is -0.461 e. The summed E-state index contributed by atoms with van der Waals surface area (Å²) in [6.07, 6.45) is 5.39. The topological polar surface area (TPSA) is 349 Å². The van der Waals surface area contributed by atoms with Gasteiger partial charge < -0.3 is 86.0 Å². The van der Waals surface area contributed by atoms with E-state index in [2.05, 4.69) is 5.32 Å². The average Bonchev–Trinajstić information content (AvgIpc) is 3.50. The first-order valence-corrected chi connectivity index (χ1v) is 29.5. The number of allylic oxidation sites excluding steroid dienone is 12. The number of anilines is 1. The van der Waals surface area contributed by atoms with Crippen LogP contribution in [0.1, 0.15) is 121 Å². The molecule has 4 aliphatic heterocycles. The van der Waals surface area contributed by atoms with Gasteiger partial charge in [-0.05, 0) is 82.1 Å². The number of amides is 1. The highest BCUT2D eigenvalue weighted by atomic mass is 16.7. The Bertz CT molecular complexity index is 2420. The summed E-state index contributed by atoms with van der Waals surface area (Å²) in [4.78, 5) is 55.1. The first kappa shape index (κ1) is 69.7. The van der Waals surface area contributed by atoms with Gasteiger partial charge in [0, 0.05) is 75.8 Å². The van der Waals surface area contributed by atoms with E-state index in [9.17, 15) is 70.2 Å². The van der Waals surface area contributed by atoms with Crippen molar-refractivity contribution in [2.45, 2.75) is 208 Å². The third kappa shape index (κ3) is 23.0. The lowest BCUT2D eigenvalue weighted by Crippen LogP contribution is -2.62. The first-order chi connectivity index (χ1) is 39.9. The maximum Gasteiger partial charge on any atom is 0.308 e. The number of aliphatic hydroxyl groups excluding tert-OH is 9. The number of ether oxygens (including phenoxy) is 4. The molecule has 14 unspecified atom stereocenters. The van der Waals surface area contributed by atoms with Crippen molar-refractivity contribution >= 4 is 29.1 Å². The molecule has 0 aromatic heterocycles. The standard InChI is InChI=1S/C63H93N3O18/c1-39-19-15-13-11-9-7-5-6-8-10-12-14-16-20-51(82-62-59(78)57(64)58(77)41(3)81-62)36-54-56(61(79)66-27-17-18-28-66)53(75)38-63(80,84-54)37-50(73)33-48(71)31-46(69)29-45(68)30-47(70)32-49(72)35-55(76)83-60(39)40(2)21-26-44(67)34-52(74)42-22-24-43(65-4)25-23-42/h5-16,19-20,22-25,39-41,44-46,48-51,53-54,56-60,62,65,67-69,71-73,75,77-78,80H,17-18,21,26-38,64H2,1-4H3/b6-5+,9-7+,10-8+,13-11+,14-12+,19-15+,20-16+/t39?,40?,41-,44?,45?,46?,48?,49?,50?,51?,53?,54?,56?,57+,58-,59+,60?,62+,63?/m1/s1. The molecule has 1 aromatic carbocycles. The van der Waals surface area contributed by atoms with E-state index in [4.69, 9.17) is 24.7 Å². The minimum absolute atomic E-state index is 0.100. The molecule has 84 heavy (non-hydrogen) atoms. The second-order valence-electron chi connectivity index (χ2n) is 23.1. The van der Waals surface area contributed by atoms with Crippen LogP contribution >= 0.6 is 0 Å². The van der Waals surface area contributed by atoms with Crippen molar-refractivity contribution in [1.29, 1.82) is 0 Å². The van der Waals surface area contributed by atoms with Crippen LogP contribution in [-0.4, -0.2) is 197 Å². The van der Waals surface area contributed by atoms with Crippen LogP contribution in [0.2, 0.25) is 0 Å². The summed E-state index contributed by atoms with van der Waals surface area (Å²) in [6.45, 7) is 6.18. The number of nitrogens with zero attached hydrogens (tertiary/aromatic N) is 1. The van der Waals surface area contributed by atoms with Crippen LogP contribution in [0.3, 0.4) is 0 Å². The van der Waals surface area contributed by atoms with Crippen LogP contribution in [0.25, 0.3) is 0 Å². The number of likely N-dealkylation sites (tertiary alicyclic amines) is 1. The third-order valence-electron chi connectivity index (χ3n) is 15.8. The molecule has 3 fully saturated rings. The van der Waals surface area contributed by atoms with Crippen molar-refractivity contribution in [1.82, 2.24) is 4.90 Å². The van der Waals surface area contributed by atoms with Gasteiger partial charge in [-0.2, -0.15) is 0 Å². The van der Waals surface area contributed by atoms with Gasteiger partial charge in [-0.15, -0.1) is 0 Å². The zero-order chi connectivity index (χ0) is 61.5. The number of cyclic esters (lactones) is 1. The van der Waals surface area contributed by atoms with E-state index in [1.54, 1.807) is 104 Å². The Morgan fingerprint density at radius 1 is 0.726 bits per heavy atom. The summed E-state index contributed by atoms with van der Waals surface area (Å²) in [6, 6.07) is 5.80. The van der Waals surface area contributed by atoms with Gasteiger partial charge in [0.05, 0.1) is 85.5 Å². The van der Waals surface area contributed by atoms with E-state index in [-0.39, 0.29) is 49.7 Å². The minimum atomic E-state index is -2.25. The molecule has 4 aliphatic rings. The number of hydrogen-bond donors (Lipinski definition) is 12. The molecule has 5 rings (SSSR count). The van der Waals surface area contributed by atoms with E-state index in [0.717, 1.165) is 18.5 Å². The number of rotatable bonds is 11. The Labute approximate surface area is 493 Å². The number of Topliss-reactive ketones (excluding diaryl/α,β-unsaturated/α-hetero) is 2. The maximum absolute atomic E-state index is 14.1. The third-order valence-corrected chi connectivity index (χ3v) is 15.8. The Morgan fingerprint density at radius 2 is 1.29 bits per heavy atom. The summed E-state index contributed by atoms with van der Waals surface area (Å²) in [7, 11) is 1.77. The molecule has 4 heterocycles. The van der Waals surface area contributed by atoms with E-state index >= 15 is 0 Å². The second kappa shape index (κ2) is 34.9. The Hall–Kier alpha value is -5.08.